The molecule has 0 aliphatic rings. The molecule has 0 heterocycles. The summed E-state index contributed by atoms with van der Waals surface area (Å²) in [6, 6.07) is 17.1. The summed E-state index contributed by atoms with van der Waals surface area (Å²) in [4.78, 5) is 23.1. The summed E-state index contributed by atoms with van der Waals surface area (Å²) < 4.78 is 27.6. The van der Waals surface area contributed by atoms with E-state index in [1.54, 1.807) is 12.1 Å². The molecule has 0 spiro atoms. The molecule has 9 heteroatoms. The lowest BCUT2D eigenvalue weighted by Crippen LogP contribution is -2.22. The average Bonchev–Trinajstić information content (AvgIpc) is 2.70. The van der Waals surface area contributed by atoms with Crippen molar-refractivity contribution in [1.82, 2.24) is 0 Å². The minimum atomic E-state index is -3.92. The number of nitrogens with one attached hydrogen (secondary N) is 2. The first kappa shape index (κ1) is 20.4. The van der Waals surface area contributed by atoms with Crippen LogP contribution in [0.1, 0.15) is 20.7 Å². The normalized spacial score (nSPS) is 10.9. The highest BCUT2D eigenvalue weighted by Gasteiger charge is 2.17. The van der Waals surface area contributed by atoms with Gasteiger partial charge in [-0.25, -0.2) is 8.42 Å². The van der Waals surface area contributed by atoms with Crippen LogP contribution in [-0.4, -0.2) is 20.3 Å². The molecule has 0 atom stereocenters. The molecule has 2 N–H and O–H groups in total. The van der Waals surface area contributed by atoms with Crippen molar-refractivity contribution in [2.24, 2.45) is 0 Å². The molecule has 7 nitrogen and oxygen atoms in total. The van der Waals surface area contributed by atoms with Crippen LogP contribution < -0.4 is 15.1 Å². The number of carbonyl (C=O) groups is 2. The van der Waals surface area contributed by atoms with E-state index in [-0.39, 0.29) is 16.0 Å². The summed E-state index contributed by atoms with van der Waals surface area (Å²) in [5.74, 6) is -1.87. The summed E-state index contributed by atoms with van der Waals surface area (Å²) in [5, 5.41) is 13.8. The Morgan fingerprint density at radius 1 is 0.828 bits per heavy atom. The summed E-state index contributed by atoms with van der Waals surface area (Å²) in [5.41, 5.74) is 0.780. The van der Waals surface area contributed by atoms with Gasteiger partial charge >= 0.3 is 0 Å². The van der Waals surface area contributed by atoms with Gasteiger partial charge in [-0.2, -0.15) is 0 Å². The number of benzene rings is 3. The van der Waals surface area contributed by atoms with Gasteiger partial charge in [-0.05, 0) is 60.2 Å². The van der Waals surface area contributed by atoms with E-state index in [2.05, 4.69) is 10.0 Å². The third-order valence-corrected chi connectivity index (χ3v) is 5.51. The second kappa shape index (κ2) is 8.34. The number of aromatic carboxylic acids is 1. The maximum atomic E-state index is 12.6. The Labute approximate surface area is 172 Å². The Bertz CT molecular complexity index is 1160. The van der Waals surface area contributed by atoms with Gasteiger partial charge in [0.2, 0.25) is 0 Å². The average molecular weight is 430 g/mol. The topological polar surface area (TPSA) is 115 Å². The van der Waals surface area contributed by atoms with Crippen LogP contribution in [0, 0.1) is 0 Å². The zero-order chi connectivity index (χ0) is 21.0. The molecule has 0 unspecified atom stereocenters. The highest BCUT2D eigenvalue weighted by molar-refractivity contribution is 7.92. The molecule has 0 saturated heterocycles. The number of anilines is 2. The van der Waals surface area contributed by atoms with Crippen LogP contribution in [0.15, 0.2) is 77.7 Å². The van der Waals surface area contributed by atoms with Crippen molar-refractivity contribution in [3.8, 4) is 0 Å². The van der Waals surface area contributed by atoms with Crippen LogP contribution in [0.5, 0.6) is 0 Å². The number of sulfonamides is 1. The third kappa shape index (κ3) is 5.13. The molecule has 0 saturated carbocycles. The number of carbonyl (C=O) groups excluding carboxylic acids is 2. The van der Waals surface area contributed by atoms with Gasteiger partial charge in [0.15, 0.2) is 0 Å². The second-order valence-corrected chi connectivity index (χ2v) is 8.08. The van der Waals surface area contributed by atoms with Crippen molar-refractivity contribution in [2.75, 3.05) is 10.0 Å². The van der Waals surface area contributed by atoms with Crippen LogP contribution >= 0.6 is 11.6 Å². The molecule has 3 rings (SSSR count). The number of carboxylic acids is 1. The first-order valence-corrected chi connectivity index (χ1v) is 10.1. The van der Waals surface area contributed by atoms with Crippen LogP contribution in [0.2, 0.25) is 5.02 Å². The molecule has 0 aliphatic heterocycles. The van der Waals surface area contributed by atoms with E-state index in [4.69, 9.17) is 11.6 Å². The molecule has 0 aliphatic carbocycles. The summed E-state index contributed by atoms with van der Waals surface area (Å²) in [6.45, 7) is 0. The molecule has 1 amide bonds. The maximum Gasteiger partial charge on any atom is 0.261 e. The van der Waals surface area contributed by atoms with E-state index in [0.717, 1.165) is 0 Å². The molecule has 3 aromatic rings. The monoisotopic (exact) mass is 429 g/mol. The minimum Gasteiger partial charge on any atom is -0.545 e. The number of hydrogen-bond donors (Lipinski definition) is 2. The Morgan fingerprint density at radius 3 is 2.07 bits per heavy atom. The largest absolute Gasteiger partial charge is 0.545 e. The molecule has 0 radical (unpaired) electrons. The van der Waals surface area contributed by atoms with Gasteiger partial charge < -0.3 is 15.2 Å². The van der Waals surface area contributed by atoms with Crippen molar-refractivity contribution in [1.29, 1.82) is 0 Å². The van der Waals surface area contributed by atoms with E-state index >= 15 is 0 Å². The lowest BCUT2D eigenvalue weighted by molar-refractivity contribution is -0.255. The van der Waals surface area contributed by atoms with Crippen molar-refractivity contribution < 1.29 is 23.1 Å². The van der Waals surface area contributed by atoms with Crippen LogP contribution in [0.25, 0.3) is 0 Å². The SMILES string of the molecule is O=C([O-])c1ccc(NC(=O)c2cccc(S(=O)(=O)Nc3ccc(Cl)cc3)c2)cc1. The fourth-order valence-corrected chi connectivity index (χ4v) is 3.66. The molecule has 0 fully saturated rings. The minimum absolute atomic E-state index is 0.0237. The van der Waals surface area contributed by atoms with E-state index in [1.807, 2.05) is 0 Å². The third-order valence-electron chi connectivity index (χ3n) is 3.88. The van der Waals surface area contributed by atoms with E-state index in [1.165, 1.54) is 60.7 Å². The number of halogens is 1. The van der Waals surface area contributed by atoms with Gasteiger partial charge in [-0.1, -0.05) is 29.8 Å². The highest BCUT2D eigenvalue weighted by Crippen LogP contribution is 2.20. The lowest BCUT2D eigenvalue weighted by atomic mass is 10.2. The van der Waals surface area contributed by atoms with Gasteiger partial charge in [0, 0.05) is 22.0 Å². The Kier molecular flexibility index (Phi) is 5.86. The molecular weight excluding hydrogens is 416 g/mol. The standard InChI is InChI=1S/C20H15ClN2O5S/c21-15-6-10-17(11-7-15)23-29(27,28)18-3-1-2-14(12-18)19(24)22-16-8-4-13(5-9-16)20(25)26/h1-12,23H,(H,22,24)(H,25,26)/p-1. The predicted octanol–water partition coefficient (Wildman–Crippen LogP) is 2.76. The highest BCUT2D eigenvalue weighted by atomic mass is 35.5. The quantitative estimate of drug-likeness (QED) is 0.625. The predicted molar refractivity (Wildman–Crippen MR) is 107 cm³/mol. The molecule has 0 aromatic heterocycles. The number of hydrogen-bond acceptors (Lipinski definition) is 5. The number of carboxylic acid groups (broad SMARTS) is 1. The first-order valence-electron chi connectivity index (χ1n) is 8.26. The Balaban J connectivity index is 1.78. The molecular formula is C20H14ClN2O5S-. The van der Waals surface area contributed by atoms with E-state index in [0.29, 0.717) is 16.4 Å². The van der Waals surface area contributed by atoms with Gasteiger partial charge in [-0.3, -0.25) is 9.52 Å². The van der Waals surface area contributed by atoms with Crippen LogP contribution in [0.3, 0.4) is 0 Å². The summed E-state index contributed by atoms with van der Waals surface area (Å²) in [7, 11) is -3.92. The van der Waals surface area contributed by atoms with Gasteiger partial charge in [0.05, 0.1) is 10.9 Å². The summed E-state index contributed by atoms with van der Waals surface area (Å²) in [6.07, 6.45) is 0. The number of amides is 1. The smallest absolute Gasteiger partial charge is 0.261 e. The fourth-order valence-electron chi connectivity index (χ4n) is 2.43. The van der Waals surface area contributed by atoms with Gasteiger partial charge in [0.1, 0.15) is 0 Å². The van der Waals surface area contributed by atoms with Crippen molar-refractivity contribution in [3.63, 3.8) is 0 Å². The molecule has 0 bridgehead atoms. The second-order valence-electron chi connectivity index (χ2n) is 5.96. The Morgan fingerprint density at radius 2 is 1.45 bits per heavy atom. The fraction of sp³-hybridized carbons (Fsp3) is 0. The van der Waals surface area contributed by atoms with Crippen LogP contribution in [-0.2, 0) is 10.0 Å². The van der Waals surface area contributed by atoms with E-state index in [9.17, 15) is 23.1 Å². The molecule has 148 valence electrons. The molecule has 29 heavy (non-hydrogen) atoms. The zero-order valence-electron chi connectivity index (χ0n) is 14.8. The van der Waals surface area contributed by atoms with Crippen molar-refractivity contribution in [2.45, 2.75) is 4.90 Å². The van der Waals surface area contributed by atoms with E-state index < -0.39 is 21.9 Å². The maximum absolute atomic E-state index is 12.6. The summed E-state index contributed by atoms with van der Waals surface area (Å²) >= 11 is 5.79. The molecule has 3 aromatic carbocycles. The lowest BCUT2D eigenvalue weighted by Gasteiger charge is -2.10. The number of rotatable bonds is 6. The Hall–Kier alpha value is -3.36. The van der Waals surface area contributed by atoms with Crippen molar-refractivity contribution in [3.05, 3.63) is 88.9 Å². The van der Waals surface area contributed by atoms with Crippen molar-refractivity contribution >= 4 is 44.9 Å². The first-order chi connectivity index (χ1) is 13.7. The zero-order valence-corrected chi connectivity index (χ0v) is 16.3. The van der Waals surface area contributed by atoms with Gasteiger partial charge in [-0.15, -0.1) is 0 Å². The van der Waals surface area contributed by atoms with Gasteiger partial charge in [0.25, 0.3) is 15.9 Å². The van der Waals surface area contributed by atoms with Crippen LogP contribution in [0.4, 0.5) is 11.4 Å².